The highest BCUT2D eigenvalue weighted by molar-refractivity contribution is 7.89. The van der Waals surface area contributed by atoms with Gasteiger partial charge in [-0.3, -0.25) is 0 Å². The van der Waals surface area contributed by atoms with Crippen molar-refractivity contribution in [3.05, 3.63) is 42.5 Å². The normalized spacial score (nSPS) is 16.0. The molecule has 1 saturated heterocycles. The van der Waals surface area contributed by atoms with E-state index in [-0.39, 0.29) is 24.3 Å². The molecule has 0 bridgehead atoms. The average Bonchev–Trinajstić information content (AvgIpc) is 2.67. The number of sulfonamides is 1. The molecule has 0 saturated carbocycles. The number of hydrogen-bond donors (Lipinski definition) is 3. The van der Waals surface area contributed by atoms with Crippen LogP contribution < -0.4 is 10.0 Å². The lowest BCUT2D eigenvalue weighted by atomic mass is 10.1. The van der Waals surface area contributed by atoms with Gasteiger partial charge in [0.05, 0.1) is 11.9 Å². The number of halogens is 1. The summed E-state index contributed by atoms with van der Waals surface area (Å²) in [6.45, 7) is 3.37. The van der Waals surface area contributed by atoms with Crippen molar-refractivity contribution in [3.63, 3.8) is 0 Å². The Morgan fingerprint density at radius 3 is 2.54 bits per heavy atom. The van der Waals surface area contributed by atoms with Crippen molar-refractivity contribution in [1.29, 1.82) is 0 Å². The highest BCUT2D eigenvalue weighted by atomic mass is 35.5. The molecule has 0 amide bonds. The molecular weight excluding hydrogens is 398 g/mol. The van der Waals surface area contributed by atoms with Crippen molar-refractivity contribution in [2.75, 3.05) is 43.8 Å². The third-order valence-electron chi connectivity index (χ3n) is 5.00. The number of likely N-dealkylation sites (tertiary alicyclic amines) is 1. The lowest BCUT2D eigenvalue weighted by Crippen LogP contribution is -2.37. The highest BCUT2D eigenvalue weighted by Gasteiger charge is 2.17. The van der Waals surface area contributed by atoms with E-state index < -0.39 is 10.0 Å². The Morgan fingerprint density at radius 2 is 1.75 bits per heavy atom. The molecule has 3 rings (SSSR count). The first kappa shape index (κ1) is 22.9. The Hall–Kier alpha value is -1.38. The molecular formula is C20H30ClN3O3S. The zero-order valence-electron chi connectivity index (χ0n) is 16.0. The molecule has 1 fully saturated rings. The molecule has 1 heterocycles. The highest BCUT2D eigenvalue weighted by Crippen LogP contribution is 2.22. The van der Waals surface area contributed by atoms with Crippen LogP contribution >= 0.6 is 12.4 Å². The van der Waals surface area contributed by atoms with Crippen molar-refractivity contribution in [2.24, 2.45) is 0 Å². The van der Waals surface area contributed by atoms with Gasteiger partial charge < -0.3 is 15.3 Å². The number of anilines is 1. The van der Waals surface area contributed by atoms with E-state index in [1.54, 1.807) is 0 Å². The molecule has 8 heteroatoms. The average molecular weight is 428 g/mol. The van der Waals surface area contributed by atoms with Gasteiger partial charge in [-0.1, -0.05) is 36.4 Å². The van der Waals surface area contributed by atoms with Crippen LogP contribution in [0.4, 0.5) is 5.69 Å². The van der Waals surface area contributed by atoms with Crippen LogP contribution in [-0.2, 0) is 10.0 Å². The number of nitrogens with zero attached hydrogens (tertiary/aromatic N) is 1. The molecule has 0 spiro atoms. The molecule has 0 aromatic heterocycles. The van der Waals surface area contributed by atoms with Crippen LogP contribution in [0.25, 0.3) is 10.8 Å². The lowest BCUT2D eigenvalue weighted by molar-refractivity contribution is 0.0828. The van der Waals surface area contributed by atoms with Gasteiger partial charge in [-0.15, -0.1) is 12.4 Å². The maximum Gasteiger partial charge on any atom is 0.211 e. The number of aliphatic hydroxyl groups is 1. The Kier molecular flexibility index (Phi) is 8.98. The summed E-state index contributed by atoms with van der Waals surface area (Å²) < 4.78 is 27.0. The number of rotatable bonds is 9. The van der Waals surface area contributed by atoms with Crippen LogP contribution in [-0.4, -0.2) is 63.0 Å². The topological polar surface area (TPSA) is 81.7 Å². The predicted octanol–water partition coefficient (Wildman–Crippen LogP) is 2.44. The van der Waals surface area contributed by atoms with Crippen molar-refractivity contribution in [1.82, 2.24) is 9.62 Å². The summed E-state index contributed by atoms with van der Waals surface area (Å²) in [7, 11) is -3.26. The second kappa shape index (κ2) is 11.0. The maximum atomic E-state index is 12.2. The fourth-order valence-electron chi connectivity index (χ4n) is 3.48. The van der Waals surface area contributed by atoms with E-state index in [1.165, 1.54) is 0 Å². The zero-order chi connectivity index (χ0) is 19.1. The minimum atomic E-state index is -3.26. The van der Waals surface area contributed by atoms with Crippen LogP contribution in [0.15, 0.2) is 42.5 Å². The van der Waals surface area contributed by atoms with Gasteiger partial charge in [0.2, 0.25) is 10.0 Å². The van der Waals surface area contributed by atoms with Crippen LogP contribution in [0.3, 0.4) is 0 Å². The Morgan fingerprint density at radius 1 is 1.04 bits per heavy atom. The Bertz CT molecular complexity index is 834. The van der Waals surface area contributed by atoms with Gasteiger partial charge in [-0.2, -0.15) is 0 Å². The van der Waals surface area contributed by atoms with Crippen molar-refractivity contribution < 1.29 is 13.5 Å². The molecule has 0 radical (unpaired) electrons. The van der Waals surface area contributed by atoms with Crippen LogP contribution in [0.1, 0.15) is 19.3 Å². The number of fused-ring (bicyclic) bond motifs is 1. The summed E-state index contributed by atoms with van der Waals surface area (Å²) in [4.78, 5) is 2.23. The van der Waals surface area contributed by atoms with E-state index in [4.69, 9.17) is 0 Å². The van der Waals surface area contributed by atoms with Crippen molar-refractivity contribution in [2.45, 2.75) is 25.4 Å². The molecule has 3 N–H and O–H groups in total. The molecule has 0 aliphatic carbocycles. The minimum absolute atomic E-state index is 0. The third kappa shape index (κ3) is 6.90. The van der Waals surface area contributed by atoms with Crippen LogP contribution in [0.5, 0.6) is 0 Å². The van der Waals surface area contributed by atoms with Gasteiger partial charge in [0.25, 0.3) is 0 Å². The second-order valence-corrected chi connectivity index (χ2v) is 9.02. The Balaban J connectivity index is 0.00000280. The van der Waals surface area contributed by atoms with Crippen molar-refractivity contribution >= 4 is 38.9 Å². The van der Waals surface area contributed by atoms with E-state index in [0.29, 0.717) is 19.5 Å². The number of nitrogens with one attached hydrogen (secondary N) is 2. The van der Waals surface area contributed by atoms with E-state index in [2.05, 4.69) is 33.1 Å². The fourth-order valence-corrected chi connectivity index (χ4v) is 4.54. The van der Waals surface area contributed by atoms with Gasteiger partial charge in [-0.25, -0.2) is 13.1 Å². The van der Waals surface area contributed by atoms with Crippen LogP contribution in [0, 0.1) is 0 Å². The molecule has 1 aliphatic heterocycles. The van der Waals surface area contributed by atoms with Gasteiger partial charge >= 0.3 is 0 Å². The van der Waals surface area contributed by atoms with E-state index in [1.807, 2.05) is 24.3 Å². The van der Waals surface area contributed by atoms with E-state index >= 15 is 0 Å². The monoisotopic (exact) mass is 427 g/mol. The first-order valence-electron chi connectivity index (χ1n) is 9.63. The van der Waals surface area contributed by atoms with E-state index in [9.17, 15) is 13.5 Å². The maximum absolute atomic E-state index is 12.2. The zero-order valence-corrected chi connectivity index (χ0v) is 17.6. The predicted molar refractivity (Wildman–Crippen MR) is 118 cm³/mol. The van der Waals surface area contributed by atoms with Gasteiger partial charge in [0, 0.05) is 37.3 Å². The largest absolute Gasteiger partial charge is 0.393 e. The number of benzene rings is 2. The molecule has 6 nitrogen and oxygen atoms in total. The first-order valence-corrected chi connectivity index (χ1v) is 11.3. The smallest absolute Gasteiger partial charge is 0.211 e. The summed E-state index contributed by atoms with van der Waals surface area (Å²) in [5.41, 5.74) is 1.01. The number of hydrogen-bond acceptors (Lipinski definition) is 5. The van der Waals surface area contributed by atoms with Gasteiger partial charge in [0.15, 0.2) is 0 Å². The summed E-state index contributed by atoms with van der Waals surface area (Å²) in [6, 6.07) is 14.2. The SMILES string of the molecule is Cl.O=S(=O)(CCCN1CCC(O)CC1)NCCNc1cccc2ccccc12. The molecule has 2 aromatic carbocycles. The minimum Gasteiger partial charge on any atom is -0.393 e. The van der Waals surface area contributed by atoms with Crippen LogP contribution in [0.2, 0.25) is 0 Å². The second-order valence-electron chi connectivity index (χ2n) is 7.09. The number of piperidine rings is 1. The first-order chi connectivity index (χ1) is 13.0. The molecule has 2 aromatic rings. The summed E-state index contributed by atoms with van der Waals surface area (Å²) in [6.07, 6.45) is 1.98. The summed E-state index contributed by atoms with van der Waals surface area (Å²) >= 11 is 0. The molecule has 0 atom stereocenters. The standard InChI is InChI=1S/C20H29N3O3S.ClH/c24-18-9-14-23(15-10-18)13-4-16-27(25,26)22-12-11-21-20-8-3-6-17-5-1-2-7-19(17)20;/h1-3,5-8,18,21-22,24H,4,9-16H2;1H. The summed E-state index contributed by atoms with van der Waals surface area (Å²) in [5, 5.41) is 15.1. The fraction of sp³-hybridized carbons (Fsp3) is 0.500. The van der Waals surface area contributed by atoms with Crippen molar-refractivity contribution in [3.8, 4) is 0 Å². The molecule has 1 aliphatic rings. The molecule has 0 unspecified atom stereocenters. The molecule has 28 heavy (non-hydrogen) atoms. The summed E-state index contributed by atoms with van der Waals surface area (Å²) in [5.74, 6) is 0.139. The Labute approximate surface area is 173 Å². The van der Waals surface area contributed by atoms with E-state index in [0.717, 1.165) is 48.9 Å². The van der Waals surface area contributed by atoms with Gasteiger partial charge in [-0.05, 0) is 37.3 Å². The van der Waals surface area contributed by atoms with Gasteiger partial charge in [0.1, 0.15) is 0 Å². The number of aliphatic hydroxyl groups excluding tert-OH is 1. The third-order valence-corrected chi connectivity index (χ3v) is 6.47. The quantitative estimate of drug-likeness (QED) is 0.535. The lowest BCUT2D eigenvalue weighted by Gasteiger charge is -2.29. The molecule has 156 valence electrons.